The molecule has 1 amide bonds. The van der Waals surface area contributed by atoms with E-state index in [0.29, 0.717) is 0 Å². The van der Waals surface area contributed by atoms with Gasteiger partial charge in [0, 0.05) is 7.11 Å². The van der Waals surface area contributed by atoms with Crippen molar-refractivity contribution in [1.82, 2.24) is 5.32 Å². The van der Waals surface area contributed by atoms with Gasteiger partial charge in [-0.25, -0.2) is 17.9 Å². The summed E-state index contributed by atoms with van der Waals surface area (Å²) in [6.45, 7) is 4.02. The van der Waals surface area contributed by atoms with Gasteiger partial charge in [0.15, 0.2) is 0 Å². The molecule has 0 bridgehead atoms. The van der Waals surface area contributed by atoms with E-state index in [0.717, 1.165) is 18.2 Å². The van der Waals surface area contributed by atoms with Gasteiger partial charge in [-0.15, -0.1) is 0 Å². The van der Waals surface area contributed by atoms with Gasteiger partial charge in [-0.3, -0.25) is 4.79 Å². The minimum Gasteiger partial charge on any atom is -0.383 e. The van der Waals surface area contributed by atoms with E-state index in [1.165, 1.54) is 7.11 Å². The highest BCUT2D eigenvalue weighted by Crippen LogP contribution is 2.15. The lowest BCUT2D eigenvalue weighted by Crippen LogP contribution is -2.42. The number of halogens is 1. The number of benzene rings is 1. The lowest BCUT2D eigenvalue weighted by atomic mass is 10.0. The summed E-state index contributed by atoms with van der Waals surface area (Å²) in [5.74, 6) is -1.47. The largest absolute Gasteiger partial charge is 0.383 e. The van der Waals surface area contributed by atoms with Crippen LogP contribution in [0.1, 0.15) is 24.2 Å². The lowest BCUT2D eigenvalue weighted by Gasteiger charge is -2.21. The maximum absolute atomic E-state index is 13.7. The number of nitrogens with two attached hydrogens (primary N) is 1. The van der Waals surface area contributed by atoms with Crippen molar-refractivity contribution in [1.29, 1.82) is 0 Å². The van der Waals surface area contributed by atoms with Crippen LogP contribution in [0.5, 0.6) is 0 Å². The van der Waals surface area contributed by atoms with Gasteiger partial charge >= 0.3 is 0 Å². The van der Waals surface area contributed by atoms with Gasteiger partial charge in [0.25, 0.3) is 5.91 Å². The Morgan fingerprint density at radius 1 is 1.43 bits per heavy atom. The molecule has 0 aliphatic rings. The van der Waals surface area contributed by atoms with Crippen molar-refractivity contribution in [3.05, 3.63) is 29.6 Å². The summed E-state index contributed by atoms with van der Waals surface area (Å²) >= 11 is 0. The first-order valence-corrected chi connectivity index (χ1v) is 7.83. The Kier molecular flexibility index (Phi) is 5.82. The van der Waals surface area contributed by atoms with Crippen LogP contribution < -0.4 is 10.5 Å². The van der Waals surface area contributed by atoms with Crippen LogP contribution in [0.2, 0.25) is 0 Å². The van der Waals surface area contributed by atoms with E-state index in [-0.39, 0.29) is 29.0 Å². The van der Waals surface area contributed by atoms with E-state index >= 15 is 0 Å². The Morgan fingerprint density at radius 3 is 2.52 bits per heavy atom. The third-order valence-corrected chi connectivity index (χ3v) is 3.89. The number of methoxy groups -OCH3 is 1. The quantitative estimate of drug-likeness (QED) is 0.813. The van der Waals surface area contributed by atoms with E-state index in [9.17, 15) is 17.6 Å². The molecule has 0 spiro atoms. The third kappa shape index (κ3) is 4.76. The van der Waals surface area contributed by atoms with Gasteiger partial charge in [-0.05, 0) is 24.1 Å². The Bertz CT molecular complexity index is 617. The number of sulfonamides is 1. The second-order valence-electron chi connectivity index (χ2n) is 4.97. The summed E-state index contributed by atoms with van der Waals surface area (Å²) in [4.78, 5) is 11.8. The summed E-state index contributed by atoms with van der Waals surface area (Å²) in [6, 6.07) is 2.51. The molecule has 0 fully saturated rings. The fourth-order valence-electron chi connectivity index (χ4n) is 1.68. The Balaban J connectivity index is 3.07. The molecule has 0 aromatic heterocycles. The van der Waals surface area contributed by atoms with Gasteiger partial charge in [0.1, 0.15) is 5.82 Å². The molecule has 0 aliphatic carbocycles. The molecule has 0 saturated carbocycles. The fourth-order valence-corrected chi connectivity index (χ4v) is 2.22. The van der Waals surface area contributed by atoms with E-state index < -0.39 is 21.7 Å². The fraction of sp³-hybridized carbons (Fsp3) is 0.462. The van der Waals surface area contributed by atoms with Crippen LogP contribution in [0.15, 0.2) is 23.1 Å². The molecule has 21 heavy (non-hydrogen) atoms. The SMILES string of the molecule is COCC(NC(=O)c1cc(S(N)(=O)=O)ccc1F)C(C)C. The minimum atomic E-state index is -4.00. The Morgan fingerprint density at radius 2 is 2.05 bits per heavy atom. The number of carbonyl (C=O) groups is 1. The number of primary sulfonamides is 1. The summed E-state index contributed by atoms with van der Waals surface area (Å²) in [6.07, 6.45) is 0. The van der Waals surface area contributed by atoms with Crippen LogP contribution in [-0.4, -0.2) is 34.1 Å². The normalized spacial score (nSPS) is 13.2. The molecular weight excluding hydrogens is 299 g/mol. The van der Waals surface area contributed by atoms with Crippen molar-refractivity contribution in [2.75, 3.05) is 13.7 Å². The zero-order valence-electron chi connectivity index (χ0n) is 12.1. The van der Waals surface area contributed by atoms with Gasteiger partial charge in [-0.2, -0.15) is 0 Å². The Hall–Kier alpha value is -1.51. The van der Waals surface area contributed by atoms with Crippen molar-refractivity contribution in [2.45, 2.75) is 24.8 Å². The van der Waals surface area contributed by atoms with Crippen molar-refractivity contribution in [3.8, 4) is 0 Å². The van der Waals surface area contributed by atoms with Gasteiger partial charge < -0.3 is 10.1 Å². The third-order valence-electron chi connectivity index (χ3n) is 2.98. The van der Waals surface area contributed by atoms with Gasteiger partial charge in [-0.1, -0.05) is 13.8 Å². The topological polar surface area (TPSA) is 98.5 Å². The maximum atomic E-state index is 13.7. The first kappa shape index (κ1) is 17.5. The molecule has 8 heteroatoms. The number of rotatable bonds is 6. The van der Waals surface area contributed by atoms with Crippen LogP contribution in [0.3, 0.4) is 0 Å². The molecule has 6 nitrogen and oxygen atoms in total. The summed E-state index contributed by atoms with van der Waals surface area (Å²) in [7, 11) is -2.51. The predicted octanol–water partition coefficient (Wildman–Crippen LogP) is 0.874. The number of carbonyl (C=O) groups excluding carboxylic acids is 1. The molecule has 1 atom stereocenters. The first-order chi connectivity index (χ1) is 9.66. The average molecular weight is 318 g/mol. The summed E-state index contributed by atoms with van der Waals surface area (Å²) in [5, 5.41) is 7.58. The van der Waals surface area contributed by atoms with Crippen molar-refractivity contribution in [2.24, 2.45) is 11.1 Å². The van der Waals surface area contributed by atoms with Crippen LogP contribution in [0.25, 0.3) is 0 Å². The number of nitrogens with one attached hydrogen (secondary N) is 1. The number of hydrogen-bond acceptors (Lipinski definition) is 4. The molecule has 3 N–H and O–H groups in total. The molecule has 1 aromatic rings. The van der Waals surface area contributed by atoms with E-state index in [1.54, 1.807) is 0 Å². The average Bonchev–Trinajstić information content (AvgIpc) is 2.36. The second-order valence-corrected chi connectivity index (χ2v) is 6.53. The monoisotopic (exact) mass is 318 g/mol. The molecule has 0 aliphatic heterocycles. The second kappa shape index (κ2) is 6.97. The van der Waals surface area contributed by atoms with Gasteiger partial charge in [0.05, 0.1) is 23.1 Å². The van der Waals surface area contributed by atoms with Crippen LogP contribution in [0, 0.1) is 11.7 Å². The molecule has 0 radical (unpaired) electrons. The molecule has 118 valence electrons. The zero-order chi connectivity index (χ0) is 16.2. The highest BCUT2D eigenvalue weighted by molar-refractivity contribution is 7.89. The molecule has 1 unspecified atom stereocenters. The molecule has 0 heterocycles. The summed E-state index contributed by atoms with van der Waals surface area (Å²) < 4.78 is 41.2. The van der Waals surface area contributed by atoms with Crippen LogP contribution in [0.4, 0.5) is 4.39 Å². The van der Waals surface area contributed by atoms with Gasteiger partial charge in [0.2, 0.25) is 10.0 Å². The highest BCUT2D eigenvalue weighted by atomic mass is 32.2. The molecule has 0 saturated heterocycles. The van der Waals surface area contributed by atoms with E-state index in [2.05, 4.69) is 5.32 Å². The highest BCUT2D eigenvalue weighted by Gasteiger charge is 2.21. The number of amides is 1. The van der Waals surface area contributed by atoms with E-state index in [1.807, 2.05) is 13.8 Å². The van der Waals surface area contributed by atoms with Crippen LogP contribution >= 0.6 is 0 Å². The molecule has 1 aromatic carbocycles. The molecule has 1 rings (SSSR count). The predicted molar refractivity (Wildman–Crippen MR) is 75.7 cm³/mol. The zero-order valence-corrected chi connectivity index (χ0v) is 12.9. The summed E-state index contributed by atoms with van der Waals surface area (Å²) in [5.41, 5.74) is -0.372. The van der Waals surface area contributed by atoms with Crippen molar-refractivity contribution >= 4 is 15.9 Å². The van der Waals surface area contributed by atoms with E-state index in [4.69, 9.17) is 9.88 Å². The minimum absolute atomic E-state index is 0.0679. The number of hydrogen-bond donors (Lipinski definition) is 2. The number of ether oxygens (including phenoxy) is 1. The lowest BCUT2D eigenvalue weighted by molar-refractivity contribution is 0.0862. The smallest absolute Gasteiger partial charge is 0.254 e. The maximum Gasteiger partial charge on any atom is 0.254 e. The molecular formula is C13H19FN2O4S. The van der Waals surface area contributed by atoms with Crippen LogP contribution in [-0.2, 0) is 14.8 Å². The Labute approximate surface area is 123 Å². The standard InChI is InChI=1S/C13H19FN2O4S/c1-8(2)12(7-20-3)16-13(17)10-6-9(21(15,18)19)4-5-11(10)14/h4-6,8,12H,7H2,1-3H3,(H,16,17)(H2,15,18,19). The van der Waals surface area contributed by atoms with Crippen molar-refractivity contribution < 1.29 is 22.3 Å². The first-order valence-electron chi connectivity index (χ1n) is 6.29. The van der Waals surface area contributed by atoms with Crippen molar-refractivity contribution in [3.63, 3.8) is 0 Å².